The number of rotatable bonds is 5. The molecule has 2 aliphatic rings. The Bertz CT molecular complexity index is 1080. The molecule has 0 saturated carbocycles. The summed E-state index contributed by atoms with van der Waals surface area (Å²) in [6, 6.07) is 19.6. The fraction of sp³-hybridized carbons (Fsp3) is 0.261. The first kappa shape index (κ1) is 18.4. The molecule has 1 saturated heterocycles. The molecule has 2 heterocycles. The third kappa shape index (κ3) is 3.06. The van der Waals surface area contributed by atoms with Crippen LogP contribution in [-0.2, 0) is 20.1 Å². The first-order valence-electron chi connectivity index (χ1n) is 9.69. The van der Waals surface area contributed by atoms with Gasteiger partial charge in [-0.1, -0.05) is 54.1 Å². The van der Waals surface area contributed by atoms with Crippen molar-refractivity contribution in [1.82, 2.24) is 0 Å². The molecule has 0 N–H and O–H groups in total. The highest BCUT2D eigenvalue weighted by Gasteiger charge is 2.56. The zero-order valence-corrected chi connectivity index (χ0v) is 16.5. The number of hydrogen-bond donors (Lipinski definition) is 0. The summed E-state index contributed by atoms with van der Waals surface area (Å²) in [4.78, 5) is 14.8. The lowest BCUT2D eigenvalue weighted by Gasteiger charge is -2.22. The Morgan fingerprint density at radius 3 is 2.62 bits per heavy atom. The molecule has 2 aliphatic heterocycles. The van der Waals surface area contributed by atoms with Crippen LogP contribution < -0.4 is 9.64 Å². The quantitative estimate of drug-likeness (QED) is 0.582. The van der Waals surface area contributed by atoms with Crippen LogP contribution in [0, 0.1) is 0 Å². The molecule has 1 fully saturated rings. The number of benzene rings is 3. The molecule has 0 aliphatic carbocycles. The highest BCUT2D eigenvalue weighted by Crippen LogP contribution is 2.48. The molecule has 0 radical (unpaired) electrons. The third-order valence-corrected chi connectivity index (χ3v) is 5.65. The molecule has 6 heteroatoms. The number of anilines is 1. The molecule has 3 aromatic carbocycles. The predicted octanol–water partition coefficient (Wildman–Crippen LogP) is 4.51. The Morgan fingerprint density at radius 2 is 1.79 bits per heavy atom. The molecule has 1 amide bonds. The van der Waals surface area contributed by atoms with Crippen molar-refractivity contribution >= 4 is 34.0 Å². The number of halogens is 1. The number of amides is 1. The van der Waals surface area contributed by atoms with Gasteiger partial charge in [-0.2, -0.15) is 0 Å². The summed E-state index contributed by atoms with van der Waals surface area (Å²) < 4.78 is 17.4. The highest BCUT2D eigenvalue weighted by molar-refractivity contribution is 6.35. The summed E-state index contributed by atoms with van der Waals surface area (Å²) in [5.41, 5.74) is 1.36. The summed E-state index contributed by atoms with van der Waals surface area (Å²) in [5, 5.41) is 2.83. The largest absolute Gasteiger partial charge is 0.494 e. The average Bonchev–Trinajstić information content (AvgIpc) is 3.32. The van der Waals surface area contributed by atoms with E-state index in [0.29, 0.717) is 49.1 Å². The van der Waals surface area contributed by atoms with Gasteiger partial charge in [0.15, 0.2) is 0 Å². The lowest BCUT2D eigenvalue weighted by Crippen LogP contribution is -2.41. The van der Waals surface area contributed by atoms with Crippen molar-refractivity contribution in [3.63, 3.8) is 0 Å². The molecule has 0 unspecified atom stereocenters. The lowest BCUT2D eigenvalue weighted by molar-refractivity contribution is -0.180. The maximum Gasteiger partial charge on any atom is 0.292 e. The molecule has 3 aromatic rings. The van der Waals surface area contributed by atoms with E-state index in [1.54, 1.807) is 11.0 Å². The maximum atomic E-state index is 13.1. The van der Waals surface area contributed by atoms with Gasteiger partial charge in [0.2, 0.25) is 0 Å². The van der Waals surface area contributed by atoms with Crippen LogP contribution >= 0.6 is 11.6 Å². The van der Waals surface area contributed by atoms with Crippen LogP contribution in [0.3, 0.4) is 0 Å². The van der Waals surface area contributed by atoms with Crippen molar-refractivity contribution in [3.05, 3.63) is 71.2 Å². The van der Waals surface area contributed by atoms with Gasteiger partial charge in [0.05, 0.1) is 30.5 Å². The average molecular weight is 410 g/mol. The van der Waals surface area contributed by atoms with E-state index in [4.69, 9.17) is 25.8 Å². The highest BCUT2D eigenvalue weighted by atomic mass is 35.5. The fourth-order valence-electron chi connectivity index (χ4n) is 4.02. The topological polar surface area (TPSA) is 48.0 Å². The second kappa shape index (κ2) is 7.34. The van der Waals surface area contributed by atoms with Crippen LogP contribution in [0.25, 0.3) is 10.8 Å². The molecule has 0 atom stereocenters. The molecule has 5 rings (SSSR count). The number of hydrogen-bond acceptors (Lipinski definition) is 4. The number of carbonyl (C=O) groups excluding carboxylic acids is 1. The maximum absolute atomic E-state index is 13.1. The summed E-state index contributed by atoms with van der Waals surface area (Å²) >= 11 is 6.42. The smallest absolute Gasteiger partial charge is 0.292 e. The molecule has 29 heavy (non-hydrogen) atoms. The van der Waals surface area contributed by atoms with Gasteiger partial charge in [0, 0.05) is 12.1 Å². The zero-order valence-electron chi connectivity index (χ0n) is 15.8. The van der Waals surface area contributed by atoms with E-state index in [2.05, 4.69) is 12.1 Å². The Balaban J connectivity index is 1.29. The van der Waals surface area contributed by atoms with Crippen LogP contribution in [0.4, 0.5) is 5.69 Å². The van der Waals surface area contributed by atoms with Gasteiger partial charge in [0.1, 0.15) is 5.75 Å². The van der Waals surface area contributed by atoms with Gasteiger partial charge in [-0.05, 0) is 35.4 Å². The van der Waals surface area contributed by atoms with Gasteiger partial charge in [-0.3, -0.25) is 4.79 Å². The summed E-state index contributed by atoms with van der Waals surface area (Å²) in [5.74, 6) is -0.753. The van der Waals surface area contributed by atoms with Crippen LogP contribution in [0.1, 0.15) is 12.0 Å². The fourth-order valence-corrected chi connectivity index (χ4v) is 4.30. The standard InChI is InChI=1S/C23H20ClNO4/c24-20-8-3-7-19-21(20)25(22(26)23(19)28-13-14-29-23)11-4-12-27-18-10-9-16-5-1-2-6-17(16)15-18/h1-3,5-10,15H,4,11-14H2. The van der Waals surface area contributed by atoms with Crippen molar-refractivity contribution in [2.24, 2.45) is 0 Å². The van der Waals surface area contributed by atoms with Crippen LogP contribution in [0.15, 0.2) is 60.7 Å². The summed E-state index contributed by atoms with van der Waals surface area (Å²) in [7, 11) is 0. The minimum atomic E-state index is -1.35. The Labute approximate surface area is 173 Å². The van der Waals surface area contributed by atoms with Gasteiger partial charge < -0.3 is 19.1 Å². The van der Waals surface area contributed by atoms with Gasteiger partial charge in [-0.15, -0.1) is 0 Å². The second-order valence-corrected chi connectivity index (χ2v) is 7.52. The van der Waals surface area contributed by atoms with E-state index in [1.165, 1.54) is 5.39 Å². The second-order valence-electron chi connectivity index (χ2n) is 7.12. The van der Waals surface area contributed by atoms with Gasteiger partial charge in [0.25, 0.3) is 11.7 Å². The van der Waals surface area contributed by atoms with Crippen molar-refractivity contribution in [2.45, 2.75) is 12.2 Å². The molecule has 5 nitrogen and oxygen atoms in total. The Morgan fingerprint density at radius 1 is 1.00 bits per heavy atom. The molecular weight excluding hydrogens is 390 g/mol. The lowest BCUT2D eigenvalue weighted by atomic mass is 10.1. The first-order valence-corrected chi connectivity index (χ1v) is 10.1. The van der Waals surface area contributed by atoms with E-state index in [0.717, 1.165) is 11.1 Å². The van der Waals surface area contributed by atoms with Crippen molar-refractivity contribution in [2.75, 3.05) is 31.3 Å². The van der Waals surface area contributed by atoms with E-state index >= 15 is 0 Å². The number of ether oxygens (including phenoxy) is 3. The van der Waals surface area contributed by atoms with Crippen LogP contribution in [0.2, 0.25) is 5.02 Å². The minimum absolute atomic E-state index is 0.219. The van der Waals surface area contributed by atoms with Crippen LogP contribution in [0.5, 0.6) is 5.75 Å². The molecule has 148 valence electrons. The predicted molar refractivity (Wildman–Crippen MR) is 111 cm³/mol. The number of nitrogens with zero attached hydrogens (tertiary/aromatic N) is 1. The summed E-state index contributed by atoms with van der Waals surface area (Å²) in [6.45, 7) is 1.72. The molecule has 1 spiro atoms. The number of para-hydroxylation sites is 1. The Hall–Kier alpha value is -2.60. The van der Waals surface area contributed by atoms with Gasteiger partial charge in [-0.25, -0.2) is 0 Å². The van der Waals surface area contributed by atoms with Crippen molar-refractivity contribution in [3.8, 4) is 5.75 Å². The monoisotopic (exact) mass is 409 g/mol. The van der Waals surface area contributed by atoms with E-state index in [9.17, 15) is 4.79 Å². The summed E-state index contributed by atoms with van der Waals surface area (Å²) in [6.07, 6.45) is 0.652. The molecule has 0 aromatic heterocycles. The molecule has 0 bridgehead atoms. The normalized spacial score (nSPS) is 17.3. The Kier molecular flexibility index (Phi) is 4.66. The number of fused-ring (bicyclic) bond motifs is 3. The minimum Gasteiger partial charge on any atom is -0.494 e. The molecular formula is C23H20ClNO4. The van der Waals surface area contributed by atoms with Crippen molar-refractivity contribution < 1.29 is 19.0 Å². The van der Waals surface area contributed by atoms with Crippen LogP contribution in [-0.4, -0.2) is 32.3 Å². The first-order chi connectivity index (χ1) is 14.2. The van der Waals surface area contributed by atoms with Crippen molar-refractivity contribution in [1.29, 1.82) is 0 Å². The zero-order chi connectivity index (χ0) is 19.8. The SMILES string of the molecule is O=C1N(CCCOc2ccc3ccccc3c2)c2c(Cl)cccc2C12OCCO2. The van der Waals surface area contributed by atoms with E-state index in [-0.39, 0.29) is 5.91 Å². The van der Waals surface area contributed by atoms with E-state index in [1.807, 2.05) is 42.5 Å². The van der Waals surface area contributed by atoms with Gasteiger partial charge >= 0.3 is 0 Å². The third-order valence-electron chi connectivity index (χ3n) is 5.35. The van der Waals surface area contributed by atoms with E-state index < -0.39 is 5.79 Å². The number of carbonyl (C=O) groups is 1.